The van der Waals surface area contributed by atoms with Gasteiger partial charge in [0.05, 0.1) is 11.5 Å². The van der Waals surface area contributed by atoms with Crippen molar-refractivity contribution in [1.29, 1.82) is 5.26 Å². The van der Waals surface area contributed by atoms with Gasteiger partial charge >= 0.3 is 5.97 Å². The van der Waals surface area contributed by atoms with Crippen LogP contribution in [0.15, 0.2) is 0 Å². The van der Waals surface area contributed by atoms with Gasteiger partial charge in [0.1, 0.15) is 3.53 Å². The lowest BCUT2D eigenvalue weighted by Gasteiger charge is -2.47. The molecule has 8 heteroatoms. The van der Waals surface area contributed by atoms with Crippen molar-refractivity contribution in [2.24, 2.45) is 10.8 Å². The van der Waals surface area contributed by atoms with Crippen LogP contribution in [0.3, 0.4) is 0 Å². The second-order valence-corrected chi connectivity index (χ2v) is 11.7. The number of nitrogens with zero attached hydrogens (tertiary/aromatic N) is 1. The van der Waals surface area contributed by atoms with E-state index < -0.39 is 33.9 Å². The van der Waals surface area contributed by atoms with Crippen molar-refractivity contribution in [3.8, 4) is 6.07 Å². The van der Waals surface area contributed by atoms with Crippen molar-refractivity contribution in [3.05, 3.63) is 0 Å². The van der Waals surface area contributed by atoms with Crippen LogP contribution in [0, 0.1) is 22.2 Å². The van der Waals surface area contributed by atoms with Crippen molar-refractivity contribution in [2.45, 2.75) is 84.3 Å². The van der Waals surface area contributed by atoms with Crippen molar-refractivity contribution >= 4 is 45.2 Å². The number of carboxylic acids is 1. The van der Waals surface area contributed by atoms with E-state index in [1.807, 2.05) is 19.9 Å². The highest BCUT2D eigenvalue weighted by atomic mass is 32.2. The summed E-state index contributed by atoms with van der Waals surface area (Å²) in [6.45, 7) is 9.84. The Labute approximate surface area is 176 Å². The van der Waals surface area contributed by atoms with E-state index in [0.29, 0.717) is 9.95 Å². The van der Waals surface area contributed by atoms with E-state index in [2.05, 4.69) is 0 Å². The van der Waals surface area contributed by atoms with Gasteiger partial charge in [-0.05, 0) is 38.9 Å². The number of thiocarbonyl (C=S) groups is 1. The number of halogens is 2. The first-order valence-corrected chi connectivity index (χ1v) is 11.3. The third kappa shape index (κ3) is 7.17. The number of alkyl halides is 2. The maximum Gasteiger partial charge on any atom is 0.303 e. The number of hydrogen-bond acceptors (Lipinski definition) is 5. The van der Waals surface area contributed by atoms with Crippen LogP contribution in [0.1, 0.15) is 73.6 Å². The van der Waals surface area contributed by atoms with Gasteiger partial charge in [-0.2, -0.15) is 5.26 Å². The maximum atomic E-state index is 15.4. The van der Waals surface area contributed by atoms with Gasteiger partial charge in [-0.25, -0.2) is 8.78 Å². The Bertz CT molecular complexity index is 578. The number of thioether (sulfide) groups is 2. The second kappa shape index (κ2) is 10.4. The van der Waals surface area contributed by atoms with Crippen LogP contribution in [0.5, 0.6) is 0 Å². The van der Waals surface area contributed by atoms with Crippen molar-refractivity contribution < 1.29 is 18.7 Å². The van der Waals surface area contributed by atoms with E-state index in [1.54, 1.807) is 6.92 Å². The molecule has 0 aromatic heterocycles. The molecule has 0 aliphatic carbocycles. The van der Waals surface area contributed by atoms with Gasteiger partial charge in [-0.1, -0.05) is 39.9 Å². The zero-order valence-corrected chi connectivity index (χ0v) is 19.5. The largest absolute Gasteiger partial charge is 0.481 e. The average molecular weight is 440 g/mol. The first kappa shape index (κ1) is 26.6. The van der Waals surface area contributed by atoms with Gasteiger partial charge < -0.3 is 5.11 Å². The minimum Gasteiger partial charge on any atom is -0.481 e. The van der Waals surface area contributed by atoms with E-state index in [1.165, 1.54) is 44.3 Å². The summed E-state index contributed by atoms with van der Waals surface area (Å²) in [5.74, 6) is -3.41. The lowest BCUT2D eigenvalue weighted by Crippen LogP contribution is -2.51. The summed E-state index contributed by atoms with van der Waals surface area (Å²) < 4.78 is 30.8. The van der Waals surface area contributed by atoms with E-state index >= 15 is 8.78 Å². The highest BCUT2D eigenvalue weighted by molar-refractivity contribution is 8.47. The Kier molecular flexibility index (Phi) is 10.3. The fraction of sp³-hybridized carbons (Fsp3) is 0.842. The summed E-state index contributed by atoms with van der Waals surface area (Å²) >= 11 is 8.16. The van der Waals surface area contributed by atoms with Crippen molar-refractivity contribution in [1.82, 2.24) is 0 Å². The summed E-state index contributed by atoms with van der Waals surface area (Å²) in [4.78, 5) is 10.9. The van der Waals surface area contributed by atoms with Crippen molar-refractivity contribution in [2.75, 3.05) is 5.75 Å². The molecule has 1 N–H and O–H groups in total. The molecule has 0 aliphatic heterocycles. The number of hydrogen-bond donors (Lipinski definition) is 1. The lowest BCUT2D eigenvalue weighted by molar-refractivity contribution is -0.161. The predicted molar refractivity (Wildman–Crippen MR) is 116 cm³/mol. The lowest BCUT2D eigenvalue weighted by atomic mass is 9.60. The maximum absolute atomic E-state index is 15.4. The minimum atomic E-state index is -3.17. The third-order valence-corrected chi connectivity index (χ3v) is 8.62. The molecule has 0 fully saturated rings. The van der Waals surface area contributed by atoms with Crippen LogP contribution in [0.25, 0.3) is 0 Å². The Morgan fingerprint density at radius 1 is 1.22 bits per heavy atom. The van der Waals surface area contributed by atoms with Crippen LogP contribution in [-0.2, 0) is 4.79 Å². The van der Waals surface area contributed by atoms with Crippen molar-refractivity contribution in [3.63, 3.8) is 0 Å². The Morgan fingerprint density at radius 2 is 1.78 bits per heavy atom. The normalized spacial score (nSPS) is 16.9. The van der Waals surface area contributed by atoms with E-state index in [0.717, 1.165) is 12.2 Å². The SMILES string of the molecule is CCCSC(=S)SC(C)(CC)CC(F)(F)C(C)(C)C(C)(C#N)CCC(=O)O. The molecule has 0 saturated heterocycles. The molecule has 156 valence electrons. The molecule has 27 heavy (non-hydrogen) atoms. The first-order chi connectivity index (χ1) is 12.2. The molecule has 0 spiro atoms. The Hall–Kier alpha value is -0.390. The van der Waals surface area contributed by atoms with E-state index in [9.17, 15) is 10.1 Å². The molecule has 3 nitrogen and oxygen atoms in total. The highest BCUT2D eigenvalue weighted by Crippen LogP contribution is 2.56. The van der Waals surface area contributed by atoms with Crippen LogP contribution in [0.2, 0.25) is 0 Å². The van der Waals surface area contributed by atoms with Crippen LogP contribution in [-0.4, -0.2) is 31.0 Å². The Morgan fingerprint density at radius 3 is 2.19 bits per heavy atom. The standard InChI is InChI=1S/C19H31F2NO2S3/c1-7-11-26-15(25)27-18(6,8-2)12-19(20,21)16(3,4)17(5,13-22)10-9-14(23)24/h7-12H2,1-6H3,(H,23,24). The molecular formula is C19H31F2NO2S3. The quantitative estimate of drug-likeness (QED) is 0.359. The molecule has 0 aliphatic rings. The van der Waals surface area contributed by atoms with Gasteiger partial charge in [0.25, 0.3) is 5.92 Å². The molecule has 0 rings (SSSR count). The Balaban J connectivity index is 5.56. The molecule has 0 radical (unpaired) electrons. The number of nitriles is 1. The van der Waals surface area contributed by atoms with Crippen LogP contribution < -0.4 is 0 Å². The molecule has 0 amide bonds. The zero-order valence-electron chi connectivity index (χ0n) is 17.0. The minimum absolute atomic E-state index is 0.123. The summed E-state index contributed by atoms with van der Waals surface area (Å²) in [7, 11) is 0. The van der Waals surface area contributed by atoms with Gasteiger partial charge in [-0.15, -0.1) is 23.5 Å². The molecule has 0 aromatic rings. The third-order valence-electron chi connectivity index (χ3n) is 5.48. The highest BCUT2D eigenvalue weighted by Gasteiger charge is 2.59. The van der Waals surface area contributed by atoms with E-state index in [-0.39, 0.29) is 12.8 Å². The molecule has 0 heterocycles. The topological polar surface area (TPSA) is 61.1 Å². The first-order valence-electron chi connectivity index (χ1n) is 9.07. The predicted octanol–water partition coefficient (Wildman–Crippen LogP) is 6.76. The molecular weight excluding hydrogens is 408 g/mol. The van der Waals surface area contributed by atoms with E-state index in [4.69, 9.17) is 17.3 Å². The zero-order chi connectivity index (χ0) is 21.5. The summed E-state index contributed by atoms with van der Waals surface area (Å²) in [5.41, 5.74) is -3.16. The van der Waals surface area contributed by atoms with Crippen LogP contribution >= 0.6 is 35.7 Å². The average Bonchev–Trinajstić information content (AvgIpc) is 2.56. The van der Waals surface area contributed by atoms with Gasteiger partial charge in [0.2, 0.25) is 0 Å². The number of carbonyl (C=O) groups is 1. The van der Waals surface area contributed by atoms with Gasteiger partial charge in [0.15, 0.2) is 0 Å². The second-order valence-electron chi connectivity index (χ2n) is 7.85. The van der Waals surface area contributed by atoms with Gasteiger partial charge in [-0.3, -0.25) is 4.79 Å². The molecule has 2 atom stereocenters. The summed E-state index contributed by atoms with van der Waals surface area (Å²) in [6.07, 6.45) is 0.602. The number of rotatable bonds is 11. The summed E-state index contributed by atoms with van der Waals surface area (Å²) in [6, 6.07) is 1.97. The van der Waals surface area contributed by atoms with Crippen LogP contribution in [0.4, 0.5) is 8.78 Å². The molecule has 2 unspecified atom stereocenters. The van der Waals surface area contributed by atoms with Gasteiger partial charge in [0, 0.05) is 23.0 Å². The number of aliphatic carboxylic acids is 1. The summed E-state index contributed by atoms with van der Waals surface area (Å²) in [5, 5.41) is 18.5. The molecule has 0 aromatic carbocycles. The fourth-order valence-corrected chi connectivity index (χ4v) is 5.72. The monoisotopic (exact) mass is 439 g/mol. The fourth-order valence-electron chi connectivity index (χ4n) is 2.61. The smallest absolute Gasteiger partial charge is 0.303 e. The molecule has 0 saturated carbocycles. The molecule has 0 bridgehead atoms. The number of carboxylic acid groups (broad SMARTS) is 1.